The minimum Gasteiger partial charge on any atom is -0.506 e. The van der Waals surface area contributed by atoms with Crippen molar-refractivity contribution >= 4 is 39.0 Å². The Morgan fingerprint density at radius 2 is 1.96 bits per heavy atom. The second kappa shape index (κ2) is 6.93. The molecule has 24 heavy (non-hydrogen) atoms. The van der Waals surface area contributed by atoms with Crippen molar-refractivity contribution in [2.45, 2.75) is 6.92 Å². The van der Waals surface area contributed by atoms with Crippen molar-refractivity contribution in [3.05, 3.63) is 58.2 Å². The lowest BCUT2D eigenvalue weighted by atomic mass is 10.1. The van der Waals surface area contributed by atoms with Gasteiger partial charge in [-0.1, -0.05) is 34.1 Å². The maximum Gasteiger partial charge on any atom is 0.165 e. The number of para-hydroxylation sites is 1. The number of nitrogens with zero attached hydrogens (tertiary/aromatic N) is 1. The van der Waals surface area contributed by atoms with Crippen LogP contribution in [0.2, 0.25) is 0 Å². The first-order chi connectivity index (χ1) is 11.6. The lowest BCUT2D eigenvalue weighted by Gasteiger charge is -2.09. The Kier molecular flexibility index (Phi) is 4.71. The SMILES string of the molecule is CCOc1cc(Br)cc(/C=C/c2ccc3cccc(O)c3n2)c1O. The van der Waals surface area contributed by atoms with E-state index < -0.39 is 0 Å². The van der Waals surface area contributed by atoms with Gasteiger partial charge in [0.2, 0.25) is 0 Å². The summed E-state index contributed by atoms with van der Waals surface area (Å²) in [6.45, 7) is 2.33. The van der Waals surface area contributed by atoms with Gasteiger partial charge in [-0.3, -0.25) is 0 Å². The minimum absolute atomic E-state index is 0.0833. The molecule has 0 aliphatic rings. The lowest BCUT2D eigenvalue weighted by molar-refractivity contribution is 0.317. The molecule has 0 bridgehead atoms. The van der Waals surface area contributed by atoms with Crippen LogP contribution >= 0.6 is 15.9 Å². The van der Waals surface area contributed by atoms with Crippen LogP contribution in [0.1, 0.15) is 18.2 Å². The quantitative estimate of drug-likeness (QED) is 0.664. The molecule has 1 heterocycles. The molecule has 5 heteroatoms. The topological polar surface area (TPSA) is 62.6 Å². The van der Waals surface area contributed by atoms with E-state index in [1.165, 1.54) is 0 Å². The number of phenols is 2. The summed E-state index contributed by atoms with van der Waals surface area (Å²) in [7, 11) is 0. The largest absolute Gasteiger partial charge is 0.506 e. The van der Waals surface area contributed by atoms with E-state index in [-0.39, 0.29) is 11.5 Å². The average Bonchev–Trinajstić information content (AvgIpc) is 2.57. The molecule has 1 aromatic heterocycles. The Bertz CT molecular complexity index is 922. The Morgan fingerprint density at radius 1 is 1.12 bits per heavy atom. The molecule has 0 atom stereocenters. The van der Waals surface area contributed by atoms with Crippen LogP contribution in [-0.2, 0) is 0 Å². The predicted octanol–water partition coefficient (Wildman–Crippen LogP) is 4.98. The monoisotopic (exact) mass is 385 g/mol. The van der Waals surface area contributed by atoms with Gasteiger partial charge in [0.15, 0.2) is 11.5 Å². The van der Waals surface area contributed by atoms with Gasteiger partial charge in [-0.2, -0.15) is 0 Å². The summed E-state index contributed by atoms with van der Waals surface area (Å²) in [5, 5.41) is 21.1. The summed E-state index contributed by atoms with van der Waals surface area (Å²) in [6, 6.07) is 12.6. The molecule has 2 aromatic carbocycles. The Hall–Kier alpha value is -2.53. The summed E-state index contributed by atoms with van der Waals surface area (Å²) in [5.41, 5.74) is 1.85. The van der Waals surface area contributed by atoms with Crippen LogP contribution in [0.25, 0.3) is 23.1 Å². The summed E-state index contributed by atoms with van der Waals surface area (Å²) in [5.74, 6) is 0.655. The van der Waals surface area contributed by atoms with Gasteiger partial charge in [-0.05, 0) is 43.3 Å². The first-order valence-corrected chi connectivity index (χ1v) is 8.30. The van der Waals surface area contributed by atoms with Crippen LogP contribution in [0.4, 0.5) is 0 Å². The molecule has 2 N–H and O–H groups in total. The number of pyridine rings is 1. The van der Waals surface area contributed by atoms with Gasteiger partial charge in [0.25, 0.3) is 0 Å². The average molecular weight is 386 g/mol. The van der Waals surface area contributed by atoms with Crippen molar-refractivity contribution in [3.8, 4) is 17.2 Å². The number of hydrogen-bond donors (Lipinski definition) is 2. The fraction of sp³-hybridized carbons (Fsp3) is 0.105. The first kappa shape index (κ1) is 16.3. The highest BCUT2D eigenvalue weighted by Gasteiger charge is 2.08. The van der Waals surface area contributed by atoms with Crippen molar-refractivity contribution in [2.24, 2.45) is 0 Å². The van der Waals surface area contributed by atoms with Crippen LogP contribution in [0.15, 0.2) is 46.9 Å². The highest BCUT2D eigenvalue weighted by Crippen LogP contribution is 2.35. The summed E-state index contributed by atoms with van der Waals surface area (Å²) in [6.07, 6.45) is 3.54. The number of aromatic hydroxyl groups is 2. The van der Waals surface area contributed by atoms with E-state index in [9.17, 15) is 10.2 Å². The molecule has 0 saturated heterocycles. The number of halogens is 1. The van der Waals surface area contributed by atoms with E-state index in [1.807, 2.05) is 25.1 Å². The van der Waals surface area contributed by atoms with Crippen LogP contribution in [0, 0.1) is 0 Å². The number of phenolic OH excluding ortho intramolecular Hbond substituents is 2. The molecule has 4 nitrogen and oxygen atoms in total. The molecule has 3 rings (SSSR count). The zero-order valence-electron chi connectivity index (χ0n) is 13.0. The molecular weight excluding hydrogens is 370 g/mol. The van der Waals surface area contributed by atoms with Crippen molar-refractivity contribution < 1.29 is 14.9 Å². The highest BCUT2D eigenvalue weighted by molar-refractivity contribution is 9.10. The summed E-state index contributed by atoms with van der Waals surface area (Å²) in [4.78, 5) is 4.44. The molecule has 0 radical (unpaired) electrons. The number of aromatic nitrogens is 1. The molecule has 0 aliphatic carbocycles. The number of ether oxygens (including phenoxy) is 1. The Labute approximate surface area is 148 Å². The zero-order chi connectivity index (χ0) is 17.1. The molecule has 122 valence electrons. The smallest absolute Gasteiger partial charge is 0.165 e. The van der Waals surface area contributed by atoms with Crippen molar-refractivity contribution in [2.75, 3.05) is 6.61 Å². The summed E-state index contributed by atoms with van der Waals surface area (Å²) < 4.78 is 6.23. The van der Waals surface area contributed by atoms with Gasteiger partial charge in [-0.15, -0.1) is 0 Å². The van der Waals surface area contributed by atoms with Gasteiger partial charge in [0.1, 0.15) is 11.3 Å². The molecule has 0 fully saturated rings. The van der Waals surface area contributed by atoms with Gasteiger partial charge in [-0.25, -0.2) is 4.98 Å². The van der Waals surface area contributed by atoms with Crippen molar-refractivity contribution in [1.82, 2.24) is 4.98 Å². The lowest BCUT2D eigenvalue weighted by Crippen LogP contribution is -1.93. The third kappa shape index (κ3) is 3.36. The second-order valence-corrected chi connectivity index (χ2v) is 6.11. The number of hydrogen-bond acceptors (Lipinski definition) is 4. The second-order valence-electron chi connectivity index (χ2n) is 5.19. The molecule has 0 saturated carbocycles. The molecule has 0 spiro atoms. The Balaban J connectivity index is 1.98. The normalized spacial score (nSPS) is 11.2. The molecular formula is C19H16BrNO3. The zero-order valence-corrected chi connectivity index (χ0v) is 14.6. The van der Waals surface area contributed by atoms with E-state index in [0.717, 1.165) is 9.86 Å². The first-order valence-electron chi connectivity index (χ1n) is 7.50. The van der Waals surface area contributed by atoms with E-state index in [0.29, 0.717) is 29.1 Å². The fourth-order valence-corrected chi connectivity index (χ4v) is 2.86. The highest BCUT2D eigenvalue weighted by atomic mass is 79.9. The van der Waals surface area contributed by atoms with E-state index in [4.69, 9.17) is 4.74 Å². The molecule has 0 aliphatic heterocycles. The number of benzene rings is 2. The number of fused-ring (bicyclic) bond motifs is 1. The third-order valence-corrected chi connectivity index (χ3v) is 3.98. The molecule has 3 aromatic rings. The maximum absolute atomic E-state index is 10.3. The van der Waals surface area contributed by atoms with Gasteiger partial charge in [0.05, 0.1) is 12.3 Å². The van der Waals surface area contributed by atoms with Crippen LogP contribution < -0.4 is 4.74 Å². The summed E-state index contributed by atoms with van der Waals surface area (Å²) >= 11 is 3.41. The van der Waals surface area contributed by atoms with Gasteiger partial charge < -0.3 is 14.9 Å². The molecule has 0 unspecified atom stereocenters. The van der Waals surface area contributed by atoms with E-state index in [1.54, 1.807) is 36.4 Å². The maximum atomic E-state index is 10.3. The standard InChI is InChI=1S/C19H16BrNO3/c1-2-24-17-11-14(20)10-13(19(17)23)7-9-15-8-6-12-4-3-5-16(22)18(12)21-15/h3-11,22-23H,2H2,1H3/b9-7+. The molecule has 0 amide bonds. The van der Waals surface area contributed by atoms with E-state index in [2.05, 4.69) is 20.9 Å². The van der Waals surface area contributed by atoms with Gasteiger partial charge in [0, 0.05) is 15.4 Å². The van der Waals surface area contributed by atoms with E-state index >= 15 is 0 Å². The van der Waals surface area contributed by atoms with Crippen LogP contribution in [0.3, 0.4) is 0 Å². The predicted molar refractivity (Wildman–Crippen MR) is 99.3 cm³/mol. The minimum atomic E-state index is 0.0833. The fourth-order valence-electron chi connectivity index (χ4n) is 2.40. The third-order valence-electron chi connectivity index (χ3n) is 3.52. The number of rotatable bonds is 4. The Morgan fingerprint density at radius 3 is 2.75 bits per heavy atom. The van der Waals surface area contributed by atoms with Crippen molar-refractivity contribution in [3.63, 3.8) is 0 Å². The van der Waals surface area contributed by atoms with Crippen LogP contribution in [-0.4, -0.2) is 21.8 Å². The van der Waals surface area contributed by atoms with Gasteiger partial charge >= 0.3 is 0 Å². The van der Waals surface area contributed by atoms with Crippen molar-refractivity contribution in [1.29, 1.82) is 0 Å². The van der Waals surface area contributed by atoms with Crippen LogP contribution in [0.5, 0.6) is 17.2 Å².